The summed E-state index contributed by atoms with van der Waals surface area (Å²) in [6.07, 6.45) is 27.6. The molecule has 0 aromatic rings. The van der Waals surface area contributed by atoms with E-state index < -0.39 is 11.9 Å². The van der Waals surface area contributed by atoms with Crippen molar-refractivity contribution in [2.45, 2.75) is 84.5 Å². The van der Waals surface area contributed by atoms with Crippen LogP contribution in [0.4, 0.5) is 0 Å². The Hall–Kier alpha value is -2.10. The SMILES string of the molecule is CCC(=O)O.CCCCC/C=C\C/C=C\C/C=C\C/C=C\CCCC(=O)O. The molecule has 0 aliphatic carbocycles. The Morgan fingerprint density at radius 2 is 1.04 bits per heavy atom. The van der Waals surface area contributed by atoms with E-state index in [2.05, 4.69) is 55.5 Å². The maximum absolute atomic E-state index is 10.3. The summed E-state index contributed by atoms with van der Waals surface area (Å²) in [5.74, 6) is -1.46. The fourth-order valence-corrected chi connectivity index (χ4v) is 1.93. The molecule has 0 aromatic carbocycles. The molecule has 0 aromatic heterocycles. The monoisotopic (exact) mass is 378 g/mol. The van der Waals surface area contributed by atoms with Gasteiger partial charge in [0.1, 0.15) is 0 Å². The molecule has 0 atom stereocenters. The van der Waals surface area contributed by atoms with Crippen LogP contribution in [0.2, 0.25) is 0 Å². The average Bonchev–Trinajstić information content (AvgIpc) is 2.64. The molecule has 0 fully saturated rings. The number of hydrogen-bond acceptors (Lipinski definition) is 2. The lowest BCUT2D eigenvalue weighted by Gasteiger charge is -1.90. The van der Waals surface area contributed by atoms with Crippen molar-refractivity contribution >= 4 is 11.9 Å². The number of aliphatic carboxylic acids is 2. The first-order chi connectivity index (χ1) is 13.0. The molecule has 0 spiro atoms. The van der Waals surface area contributed by atoms with Gasteiger partial charge in [0.15, 0.2) is 0 Å². The Bertz CT molecular complexity index is 459. The quantitative estimate of drug-likeness (QED) is 0.246. The van der Waals surface area contributed by atoms with Gasteiger partial charge in [0.2, 0.25) is 0 Å². The highest BCUT2D eigenvalue weighted by Gasteiger charge is 1.92. The van der Waals surface area contributed by atoms with Crippen molar-refractivity contribution < 1.29 is 19.8 Å². The van der Waals surface area contributed by atoms with Gasteiger partial charge in [-0.25, -0.2) is 0 Å². The van der Waals surface area contributed by atoms with Crippen molar-refractivity contribution in [3.05, 3.63) is 48.6 Å². The number of allylic oxidation sites excluding steroid dienone is 8. The lowest BCUT2D eigenvalue weighted by atomic mass is 10.2. The first-order valence-electron chi connectivity index (χ1n) is 10.1. The van der Waals surface area contributed by atoms with Crippen LogP contribution in [0.15, 0.2) is 48.6 Å². The smallest absolute Gasteiger partial charge is 0.303 e. The van der Waals surface area contributed by atoms with E-state index in [4.69, 9.17) is 10.2 Å². The molecule has 154 valence electrons. The van der Waals surface area contributed by atoms with Gasteiger partial charge < -0.3 is 10.2 Å². The minimum atomic E-state index is -0.745. The molecule has 27 heavy (non-hydrogen) atoms. The highest BCUT2D eigenvalue weighted by Crippen LogP contribution is 2.01. The standard InChI is InChI=1S/C20H32O2.C3H6O2/c1-2-3-4-5-6-7-8-9-10-11-12-13-14-15-16-17-18-19-20(21)22;1-2-3(4)5/h6-7,9-10,12-13,15-16H,2-5,8,11,14,17-19H2,1H3,(H,21,22);2H2,1H3,(H,4,5)/b7-6-,10-9-,13-12-,16-15-;. The van der Waals surface area contributed by atoms with E-state index in [9.17, 15) is 9.59 Å². The third kappa shape index (κ3) is 32.1. The molecule has 0 heterocycles. The Morgan fingerprint density at radius 1 is 0.630 bits per heavy atom. The van der Waals surface area contributed by atoms with E-state index in [-0.39, 0.29) is 12.8 Å². The highest BCUT2D eigenvalue weighted by atomic mass is 16.4. The summed E-state index contributed by atoms with van der Waals surface area (Å²) in [5.41, 5.74) is 0. The van der Waals surface area contributed by atoms with Crippen molar-refractivity contribution in [2.75, 3.05) is 0 Å². The summed E-state index contributed by atoms with van der Waals surface area (Å²) in [6, 6.07) is 0. The Balaban J connectivity index is 0. The molecular weight excluding hydrogens is 340 g/mol. The van der Waals surface area contributed by atoms with Crippen LogP contribution in [0.5, 0.6) is 0 Å². The van der Waals surface area contributed by atoms with Crippen LogP contribution in [0.3, 0.4) is 0 Å². The second kappa shape index (κ2) is 23.9. The first kappa shape index (κ1) is 27.1. The van der Waals surface area contributed by atoms with Gasteiger partial charge in [0.05, 0.1) is 0 Å². The van der Waals surface area contributed by atoms with Crippen LogP contribution in [0, 0.1) is 0 Å². The molecule has 4 nitrogen and oxygen atoms in total. The third-order valence-corrected chi connectivity index (χ3v) is 3.52. The number of carboxylic acids is 2. The van der Waals surface area contributed by atoms with Gasteiger partial charge in [-0.05, 0) is 44.9 Å². The predicted octanol–water partition coefficient (Wildman–Crippen LogP) is 6.70. The molecule has 2 N–H and O–H groups in total. The molecule has 0 saturated heterocycles. The summed E-state index contributed by atoms with van der Waals surface area (Å²) in [4.78, 5) is 19.7. The van der Waals surface area contributed by atoms with E-state index in [0.717, 1.165) is 32.1 Å². The summed E-state index contributed by atoms with van der Waals surface area (Å²) in [5, 5.41) is 16.2. The van der Waals surface area contributed by atoms with Crippen LogP contribution in [-0.2, 0) is 9.59 Å². The van der Waals surface area contributed by atoms with Crippen molar-refractivity contribution in [3.63, 3.8) is 0 Å². The molecule has 0 aliphatic rings. The van der Waals surface area contributed by atoms with Crippen molar-refractivity contribution in [2.24, 2.45) is 0 Å². The largest absolute Gasteiger partial charge is 0.481 e. The molecule has 0 amide bonds. The van der Waals surface area contributed by atoms with Gasteiger partial charge >= 0.3 is 11.9 Å². The van der Waals surface area contributed by atoms with Crippen LogP contribution in [0.25, 0.3) is 0 Å². The average molecular weight is 379 g/mol. The van der Waals surface area contributed by atoms with Crippen molar-refractivity contribution in [1.29, 1.82) is 0 Å². The third-order valence-electron chi connectivity index (χ3n) is 3.52. The van der Waals surface area contributed by atoms with E-state index >= 15 is 0 Å². The number of carboxylic acid groups (broad SMARTS) is 2. The fraction of sp³-hybridized carbons (Fsp3) is 0.565. The van der Waals surface area contributed by atoms with E-state index in [0.29, 0.717) is 0 Å². The van der Waals surface area contributed by atoms with Gasteiger partial charge in [-0.15, -0.1) is 0 Å². The molecule has 0 aliphatic heterocycles. The first-order valence-corrected chi connectivity index (χ1v) is 10.1. The van der Waals surface area contributed by atoms with Gasteiger partial charge in [0, 0.05) is 12.8 Å². The van der Waals surface area contributed by atoms with Crippen LogP contribution < -0.4 is 0 Å². The van der Waals surface area contributed by atoms with Crippen molar-refractivity contribution in [1.82, 2.24) is 0 Å². The Morgan fingerprint density at radius 3 is 1.41 bits per heavy atom. The maximum Gasteiger partial charge on any atom is 0.303 e. The molecule has 0 bridgehead atoms. The zero-order valence-electron chi connectivity index (χ0n) is 17.1. The number of carbonyl (C=O) groups is 2. The van der Waals surface area contributed by atoms with Crippen LogP contribution >= 0.6 is 0 Å². The summed E-state index contributed by atoms with van der Waals surface area (Å²) in [7, 11) is 0. The molecular formula is C23H38O4. The molecule has 0 radical (unpaired) electrons. The molecule has 0 unspecified atom stereocenters. The second-order valence-corrected chi connectivity index (χ2v) is 6.12. The van der Waals surface area contributed by atoms with Crippen molar-refractivity contribution in [3.8, 4) is 0 Å². The summed E-state index contributed by atoms with van der Waals surface area (Å²) >= 11 is 0. The van der Waals surface area contributed by atoms with Gasteiger partial charge in [-0.2, -0.15) is 0 Å². The zero-order chi connectivity index (χ0) is 20.6. The van der Waals surface area contributed by atoms with E-state index in [1.54, 1.807) is 6.92 Å². The summed E-state index contributed by atoms with van der Waals surface area (Å²) in [6.45, 7) is 3.83. The zero-order valence-corrected chi connectivity index (χ0v) is 17.1. The maximum atomic E-state index is 10.3. The summed E-state index contributed by atoms with van der Waals surface area (Å²) < 4.78 is 0. The van der Waals surface area contributed by atoms with E-state index in [1.165, 1.54) is 25.7 Å². The van der Waals surface area contributed by atoms with Gasteiger partial charge in [-0.1, -0.05) is 75.3 Å². The number of unbranched alkanes of at least 4 members (excludes halogenated alkanes) is 4. The normalized spacial score (nSPS) is 11.5. The van der Waals surface area contributed by atoms with Crippen LogP contribution in [0.1, 0.15) is 84.5 Å². The topological polar surface area (TPSA) is 74.6 Å². The Kier molecular flexibility index (Phi) is 24.0. The lowest BCUT2D eigenvalue weighted by molar-refractivity contribution is -0.137. The molecule has 0 rings (SSSR count). The second-order valence-electron chi connectivity index (χ2n) is 6.12. The Labute approximate surface area is 165 Å². The minimum absolute atomic E-state index is 0.222. The number of hydrogen-bond donors (Lipinski definition) is 2. The number of rotatable bonds is 15. The predicted molar refractivity (Wildman–Crippen MR) is 114 cm³/mol. The van der Waals surface area contributed by atoms with Gasteiger partial charge in [-0.3, -0.25) is 9.59 Å². The highest BCUT2D eigenvalue weighted by molar-refractivity contribution is 5.66. The van der Waals surface area contributed by atoms with Crippen LogP contribution in [-0.4, -0.2) is 22.2 Å². The minimum Gasteiger partial charge on any atom is -0.481 e. The van der Waals surface area contributed by atoms with E-state index in [1.807, 2.05) is 0 Å². The lowest BCUT2D eigenvalue weighted by Crippen LogP contribution is -1.92. The molecule has 4 heteroatoms. The van der Waals surface area contributed by atoms with Gasteiger partial charge in [0.25, 0.3) is 0 Å². The molecule has 0 saturated carbocycles. The fourth-order valence-electron chi connectivity index (χ4n) is 1.93.